The van der Waals surface area contributed by atoms with Crippen LogP contribution in [0.25, 0.3) is 0 Å². The first-order valence-electron chi connectivity index (χ1n) is 5.45. The third-order valence-corrected chi connectivity index (χ3v) is 2.97. The zero-order valence-electron chi connectivity index (χ0n) is 9.46. The zero-order chi connectivity index (χ0) is 13.0. The number of rotatable bonds is 4. The molecule has 0 fully saturated rings. The maximum absolute atomic E-state index is 13.2. The number of nitrogens with zero attached hydrogens (tertiary/aromatic N) is 1. The first-order chi connectivity index (χ1) is 8.66. The largest absolute Gasteiger partial charge is 0.385 e. The summed E-state index contributed by atoms with van der Waals surface area (Å²) in [5, 5.41) is 3.16. The van der Waals surface area contributed by atoms with Crippen LogP contribution in [0.1, 0.15) is 5.69 Å². The van der Waals surface area contributed by atoms with Crippen molar-refractivity contribution in [3.8, 4) is 0 Å². The molecule has 0 radical (unpaired) electrons. The quantitative estimate of drug-likeness (QED) is 0.852. The molecule has 2 rings (SSSR count). The average Bonchev–Trinajstić information content (AvgIpc) is 2.37. The Bertz CT molecular complexity index is 509. The predicted molar refractivity (Wildman–Crippen MR) is 72.9 cm³/mol. The van der Waals surface area contributed by atoms with Crippen molar-refractivity contribution in [2.45, 2.75) is 6.42 Å². The molecule has 0 bridgehead atoms. The van der Waals surface area contributed by atoms with E-state index in [0.29, 0.717) is 12.2 Å². The number of anilines is 1. The summed E-state index contributed by atoms with van der Waals surface area (Å²) in [6.45, 7) is 0.676. The Morgan fingerprint density at radius 3 is 2.50 bits per heavy atom. The number of hydrogen-bond acceptors (Lipinski definition) is 2. The summed E-state index contributed by atoms with van der Waals surface area (Å²) in [6.07, 6.45) is 2.52. The molecule has 0 amide bonds. The molecular formula is C13H11Cl2FN2. The van der Waals surface area contributed by atoms with Crippen LogP contribution in [0.2, 0.25) is 10.0 Å². The van der Waals surface area contributed by atoms with E-state index in [1.54, 1.807) is 6.20 Å². The number of hydrogen-bond donors (Lipinski definition) is 1. The van der Waals surface area contributed by atoms with Gasteiger partial charge in [0.25, 0.3) is 0 Å². The molecule has 94 valence electrons. The first-order valence-corrected chi connectivity index (χ1v) is 6.21. The smallest absolute Gasteiger partial charge is 0.160 e. The van der Waals surface area contributed by atoms with Crippen LogP contribution >= 0.6 is 23.2 Å². The van der Waals surface area contributed by atoms with Gasteiger partial charge in [-0.15, -0.1) is 0 Å². The van der Waals surface area contributed by atoms with Crippen LogP contribution in [0.5, 0.6) is 0 Å². The number of benzene rings is 1. The minimum absolute atomic E-state index is 0.0165. The lowest BCUT2D eigenvalue weighted by Gasteiger charge is -2.08. The van der Waals surface area contributed by atoms with Crippen LogP contribution in [-0.4, -0.2) is 11.5 Å². The Balaban J connectivity index is 1.95. The monoisotopic (exact) mass is 284 g/mol. The molecule has 5 heteroatoms. The van der Waals surface area contributed by atoms with E-state index < -0.39 is 5.82 Å². The maximum Gasteiger partial charge on any atom is 0.160 e. The summed E-state index contributed by atoms with van der Waals surface area (Å²) in [4.78, 5) is 4.21. The summed E-state index contributed by atoms with van der Waals surface area (Å²) in [5.74, 6) is -0.589. The molecule has 0 atom stereocenters. The van der Waals surface area contributed by atoms with Gasteiger partial charge in [0, 0.05) is 30.5 Å². The second-order valence-electron chi connectivity index (χ2n) is 3.75. The molecule has 0 saturated heterocycles. The lowest BCUT2D eigenvalue weighted by Crippen LogP contribution is -2.06. The number of halogens is 3. The van der Waals surface area contributed by atoms with Gasteiger partial charge in [0.2, 0.25) is 0 Å². The van der Waals surface area contributed by atoms with Crippen molar-refractivity contribution in [2.24, 2.45) is 0 Å². The third-order valence-electron chi connectivity index (χ3n) is 2.42. The van der Waals surface area contributed by atoms with E-state index in [9.17, 15) is 4.39 Å². The van der Waals surface area contributed by atoms with Crippen molar-refractivity contribution >= 4 is 28.9 Å². The van der Waals surface area contributed by atoms with Gasteiger partial charge in [-0.3, -0.25) is 4.98 Å². The minimum atomic E-state index is -0.589. The lowest BCUT2D eigenvalue weighted by molar-refractivity contribution is 0.629. The fourth-order valence-electron chi connectivity index (χ4n) is 1.54. The Hall–Kier alpha value is -1.32. The normalized spacial score (nSPS) is 10.4. The first kappa shape index (κ1) is 13.1. The van der Waals surface area contributed by atoms with E-state index in [1.807, 2.05) is 18.2 Å². The third kappa shape index (κ3) is 3.34. The van der Waals surface area contributed by atoms with E-state index in [1.165, 1.54) is 12.1 Å². The molecule has 0 aliphatic carbocycles. The Kier molecular flexibility index (Phi) is 4.39. The van der Waals surface area contributed by atoms with E-state index in [-0.39, 0.29) is 10.0 Å². The molecule has 0 aliphatic heterocycles. The average molecular weight is 285 g/mol. The van der Waals surface area contributed by atoms with Gasteiger partial charge in [0.05, 0.1) is 10.0 Å². The molecule has 2 aromatic rings. The van der Waals surface area contributed by atoms with Gasteiger partial charge in [-0.1, -0.05) is 29.3 Å². The van der Waals surface area contributed by atoms with E-state index in [2.05, 4.69) is 10.3 Å². The van der Waals surface area contributed by atoms with Crippen molar-refractivity contribution in [1.29, 1.82) is 0 Å². The highest BCUT2D eigenvalue weighted by molar-refractivity contribution is 6.35. The summed E-state index contributed by atoms with van der Waals surface area (Å²) < 4.78 is 13.2. The molecule has 0 aliphatic rings. The second-order valence-corrected chi connectivity index (χ2v) is 4.57. The molecule has 18 heavy (non-hydrogen) atoms. The van der Waals surface area contributed by atoms with Crippen molar-refractivity contribution in [3.63, 3.8) is 0 Å². The van der Waals surface area contributed by atoms with Gasteiger partial charge in [-0.05, 0) is 24.3 Å². The fourth-order valence-corrected chi connectivity index (χ4v) is 2.03. The van der Waals surface area contributed by atoms with Gasteiger partial charge in [-0.2, -0.15) is 0 Å². The van der Waals surface area contributed by atoms with Crippen molar-refractivity contribution in [2.75, 3.05) is 11.9 Å². The van der Waals surface area contributed by atoms with Crippen LogP contribution in [0.4, 0.5) is 10.1 Å². The van der Waals surface area contributed by atoms with Crippen molar-refractivity contribution in [3.05, 3.63) is 58.1 Å². The summed E-state index contributed by atoms with van der Waals surface area (Å²) in [5.41, 5.74) is 1.69. The second kappa shape index (κ2) is 6.03. The van der Waals surface area contributed by atoms with E-state index >= 15 is 0 Å². The lowest BCUT2D eigenvalue weighted by atomic mass is 10.2. The van der Waals surface area contributed by atoms with Crippen molar-refractivity contribution in [1.82, 2.24) is 4.98 Å². The zero-order valence-corrected chi connectivity index (χ0v) is 11.0. The van der Waals surface area contributed by atoms with Crippen LogP contribution in [0, 0.1) is 5.82 Å². The summed E-state index contributed by atoms with van der Waals surface area (Å²) in [7, 11) is 0. The number of nitrogens with one attached hydrogen (secondary N) is 1. The summed E-state index contributed by atoms with van der Waals surface area (Å²) >= 11 is 11.4. The van der Waals surface area contributed by atoms with Gasteiger partial charge in [0.1, 0.15) is 0 Å². The number of aromatic nitrogens is 1. The molecule has 0 unspecified atom stereocenters. The standard InChI is InChI=1S/C13H11Cl2FN2/c14-11-7-10(8-12(15)13(11)16)18-6-4-9-3-1-2-5-17-9/h1-3,5,7-8,18H,4,6H2. The molecule has 1 aromatic heterocycles. The molecular weight excluding hydrogens is 274 g/mol. The topological polar surface area (TPSA) is 24.9 Å². The molecule has 1 heterocycles. The fraction of sp³-hybridized carbons (Fsp3) is 0.154. The van der Waals surface area contributed by atoms with Gasteiger partial charge in [0.15, 0.2) is 5.82 Å². The highest BCUT2D eigenvalue weighted by Gasteiger charge is 2.07. The Morgan fingerprint density at radius 2 is 1.89 bits per heavy atom. The molecule has 2 nitrogen and oxygen atoms in total. The maximum atomic E-state index is 13.2. The van der Waals surface area contributed by atoms with Gasteiger partial charge < -0.3 is 5.32 Å². The van der Waals surface area contributed by atoms with E-state index in [4.69, 9.17) is 23.2 Å². The highest BCUT2D eigenvalue weighted by atomic mass is 35.5. The predicted octanol–water partition coefficient (Wildman–Crippen LogP) is 4.18. The van der Waals surface area contributed by atoms with Crippen LogP contribution in [0.3, 0.4) is 0 Å². The molecule has 1 N–H and O–H groups in total. The molecule has 0 saturated carbocycles. The van der Waals surface area contributed by atoms with Crippen LogP contribution in [-0.2, 0) is 6.42 Å². The SMILES string of the molecule is Fc1c(Cl)cc(NCCc2ccccn2)cc1Cl. The Labute approximate surface area is 115 Å². The Morgan fingerprint density at radius 1 is 1.17 bits per heavy atom. The van der Waals surface area contributed by atoms with E-state index in [0.717, 1.165) is 12.1 Å². The van der Waals surface area contributed by atoms with Crippen molar-refractivity contribution < 1.29 is 4.39 Å². The minimum Gasteiger partial charge on any atom is -0.385 e. The molecule has 0 spiro atoms. The van der Waals surface area contributed by atoms with Gasteiger partial charge >= 0.3 is 0 Å². The van der Waals surface area contributed by atoms with Crippen LogP contribution < -0.4 is 5.32 Å². The highest BCUT2D eigenvalue weighted by Crippen LogP contribution is 2.27. The summed E-state index contributed by atoms with van der Waals surface area (Å²) in [6, 6.07) is 8.79. The molecule has 1 aromatic carbocycles. The van der Waals surface area contributed by atoms with Crippen LogP contribution in [0.15, 0.2) is 36.5 Å². The van der Waals surface area contributed by atoms with Gasteiger partial charge in [-0.25, -0.2) is 4.39 Å². The number of pyridine rings is 1.